The molecule has 0 radical (unpaired) electrons. The number of nitrogens with one attached hydrogen (secondary N) is 1. The van der Waals surface area contributed by atoms with E-state index in [0.717, 1.165) is 12.8 Å². The SMILES string of the molecule is CCCCC(N)C(=O)N[C@@H](CCC)C(=O)O. The molecule has 0 heterocycles. The molecule has 0 aliphatic carbocycles. The monoisotopic (exact) mass is 230 g/mol. The van der Waals surface area contributed by atoms with Crippen LogP contribution >= 0.6 is 0 Å². The van der Waals surface area contributed by atoms with E-state index >= 15 is 0 Å². The summed E-state index contributed by atoms with van der Waals surface area (Å²) in [5, 5.41) is 11.3. The summed E-state index contributed by atoms with van der Waals surface area (Å²) in [6.45, 7) is 3.89. The van der Waals surface area contributed by atoms with Crippen LogP contribution in [0.2, 0.25) is 0 Å². The average molecular weight is 230 g/mol. The first-order valence-corrected chi connectivity index (χ1v) is 5.81. The van der Waals surface area contributed by atoms with E-state index in [-0.39, 0.29) is 5.91 Å². The third-order valence-electron chi connectivity index (χ3n) is 2.40. The molecule has 1 amide bonds. The highest BCUT2D eigenvalue weighted by Gasteiger charge is 2.21. The third kappa shape index (κ3) is 5.70. The number of carbonyl (C=O) groups is 2. The van der Waals surface area contributed by atoms with Gasteiger partial charge < -0.3 is 16.2 Å². The molecule has 0 saturated carbocycles. The number of unbranched alkanes of at least 4 members (excludes halogenated alkanes) is 1. The number of rotatable bonds is 8. The molecule has 1 unspecified atom stereocenters. The second kappa shape index (κ2) is 8.10. The summed E-state index contributed by atoms with van der Waals surface area (Å²) in [6, 6.07) is -1.41. The Bertz CT molecular complexity index is 231. The van der Waals surface area contributed by atoms with Gasteiger partial charge in [0.05, 0.1) is 6.04 Å². The lowest BCUT2D eigenvalue weighted by Crippen LogP contribution is -2.48. The molecule has 94 valence electrons. The molecule has 0 bridgehead atoms. The molecule has 0 aromatic carbocycles. The summed E-state index contributed by atoms with van der Waals surface area (Å²) in [7, 11) is 0. The van der Waals surface area contributed by atoms with Crippen molar-refractivity contribution in [3.63, 3.8) is 0 Å². The highest BCUT2D eigenvalue weighted by atomic mass is 16.4. The molecular formula is C11H22N2O3. The van der Waals surface area contributed by atoms with E-state index in [2.05, 4.69) is 5.32 Å². The minimum atomic E-state index is -1.00. The highest BCUT2D eigenvalue weighted by Crippen LogP contribution is 2.01. The minimum absolute atomic E-state index is 0.366. The van der Waals surface area contributed by atoms with Gasteiger partial charge in [-0.2, -0.15) is 0 Å². The quantitative estimate of drug-likeness (QED) is 0.577. The van der Waals surface area contributed by atoms with Crippen LogP contribution < -0.4 is 11.1 Å². The van der Waals surface area contributed by atoms with Crippen LogP contribution in [0.4, 0.5) is 0 Å². The van der Waals surface area contributed by atoms with E-state index in [1.807, 2.05) is 13.8 Å². The summed E-state index contributed by atoms with van der Waals surface area (Å²) in [4.78, 5) is 22.3. The molecule has 5 nitrogen and oxygen atoms in total. The molecule has 0 aromatic rings. The van der Waals surface area contributed by atoms with Crippen molar-refractivity contribution in [3.8, 4) is 0 Å². The number of hydrogen-bond donors (Lipinski definition) is 3. The van der Waals surface area contributed by atoms with Gasteiger partial charge >= 0.3 is 5.97 Å². The van der Waals surface area contributed by atoms with Gasteiger partial charge in [-0.1, -0.05) is 33.1 Å². The fourth-order valence-corrected chi connectivity index (χ4v) is 1.38. The fourth-order valence-electron chi connectivity index (χ4n) is 1.38. The Balaban J connectivity index is 4.12. The van der Waals surface area contributed by atoms with Gasteiger partial charge in [-0.25, -0.2) is 4.79 Å². The van der Waals surface area contributed by atoms with Crippen molar-refractivity contribution in [3.05, 3.63) is 0 Å². The first-order valence-electron chi connectivity index (χ1n) is 5.81. The predicted molar refractivity (Wildman–Crippen MR) is 62.0 cm³/mol. The normalized spacial score (nSPS) is 14.2. The standard InChI is InChI=1S/C11H22N2O3/c1-3-5-7-8(12)10(14)13-9(6-4-2)11(15)16/h8-9H,3-7,12H2,1-2H3,(H,13,14)(H,15,16)/t8?,9-/m0/s1. The molecule has 0 spiro atoms. The largest absolute Gasteiger partial charge is 0.480 e. The molecule has 4 N–H and O–H groups in total. The van der Waals surface area contributed by atoms with Gasteiger partial charge in [-0.05, 0) is 12.8 Å². The molecule has 0 saturated heterocycles. The number of carboxylic acids is 1. The first-order chi connectivity index (χ1) is 7.52. The zero-order chi connectivity index (χ0) is 12.6. The van der Waals surface area contributed by atoms with Crippen molar-refractivity contribution in [2.24, 2.45) is 5.73 Å². The average Bonchev–Trinajstić information content (AvgIpc) is 2.24. The van der Waals surface area contributed by atoms with Crippen molar-refractivity contribution in [2.45, 2.75) is 58.0 Å². The lowest BCUT2D eigenvalue weighted by Gasteiger charge is -2.17. The number of carboxylic acid groups (broad SMARTS) is 1. The van der Waals surface area contributed by atoms with Crippen LogP contribution in [0, 0.1) is 0 Å². The predicted octanol–water partition coefficient (Wildman–Crippen LogP) is 0.873. The Kier molecular flexibility index (Phi) is 7.54. The summed E-state index contributed by atoms with van der Waals surface area (Å²) < 4.78 is 0. The van der Waals surface area contributed by atoms with E-state index in [4.69, 9.17) is 10.8 Å². The van der Waals surface area contributed by atoms with E-state index in [0.29, 0.717) is 19.3 Å². The minimum Gasteiger partial charge on any atom is -0.480 e. The lowest BCUT2D eigenvalue weighted by atomic mass is 10.1. The number of aliphatic carboxylic acids is 1. The summed E-state index contributed by atoms with van der Waals surface area (Å²) in [6.07, 6.45) is 3.59. The van der Waals surface area contributed by atoms with E-state index in [1.54, 1.807) is 0 Å². The van der Waals surface area contributed by atoms with Gasteiger partial charge in [0.25, 0.3) is 0 Å². The van der Waals surface area contributed by atoms with Crippen molar-refractivity contribution in [2.75, 3.05) is 0 Å². The molecule has 0 aliphatic rings. The molecular weight excluding hydrogens is 208 g/mol. The Labute approximate surface area is 96.4 Å². The Morgan fingerprint density at radius 3 is 2.31 bits per heavy atom. The highest BCUT2D eigenvalue weighted by molar-refractivity contribution is 5.86. The van der Waals surface area contributed by atoms with Crippen LogP contribution in [-0.4, -0.2) is 29.1 Å². The molecule has 0 fully saturated rings. The van der Waals surface area contributed by atoms with Gasteiger partial charge in [0, 0.05) is 0 Å². The van der Waals surface area contributed by atoms with Crippen molar-refractivity contribution >= 4 is 11.9 Å². The van der Waals surface area contributed by atoms with Gasteiger partial charge in [0.2, 0.25) is 5.91 Å². The Morgan fingerprint density at radius 2 is 1.88 bits per heavy atom. The summed E-state index contributed by atoms with van der Waals surface area (Å²) in [5.74, 6) is -1.37. The van der Waals surface area contributed by atoms with Crippen molar-refractivity contribution in [1.29, 1.82) is 0 Å². The first kappa shape index (κ1) is 14.9. The van der Waals surface area contributed by atoms with E-state index in [1.165, 1.54) is 0 Å². The van der Waals surface area contributed by atoms with Crippen molar-refractivity contribution in [1.82, 2.24) is 5.32 Å². The maximum Gasteiger partial charge on any atom is 0.326 e. The van der Waals surface area contributed by atoms with E-state index < -0.39 is 18.1 Å². The fraction of sp³-hybridized carbons (Fsp3) is 0.818. The molecule has 5 heteroatoms. The van der Waals surface area contributed by atoms with Gasteiger partial charge in [-0.15, -0.1) is 0 Å². The van der Waals surface area contributed by atoms with Gasteiger partial charge in [0.15, 0.2) is 0 Å². The Hall–Kier alpha value is -1.10. The number of amides is 1. The zero-order valence-electron chi connectivity index (χ0n) is 10.0. The maximum absolute atomic E-state index is 11.5. The Morgan fingerprint density at radius 1 is 1.25 bits per heavy atom. The molecule has 0 aliphatic heterocycles. The molecule has 0 aromatic heterocycles. The van der Waals surface area contributed by atoms with Gasteiger partial charge in [-0.3, -0.25) is 4.79 Å². The smallest absolute Gasteiger partial charge is 0.326 e. The molecule has 2 atom stereocenters. The molecule has 16 heavy (non-hydrogen) atoms. The van der Waals surface area contributed by atoms with Crippen LogP contribution in [0.5, 0.6) is 0 Å². The van der Waals surface area contributed by atoms with Crippen LogP contribution in [0.3, 0.4) is 0 Å². The number of nitrogens with two attached hydrogens (primary N) is 1. The number of hydrogen-bond acceptors (Lipinski definition) is 3. The van der Waals surface area contributed by atoms with E-state index in [9.17, 15) is 9.59 Å². The topological polar surface area (TPSA) is 92.4 Å². The van der Waals surface area contributed by atoms with Crippen molar-refractivity contribution < 1.29 is 14.7 Å². The van der Waals surface area contributed by atoms with Crippen LogP contribution in [0.15, 0.2) is 0 Å². The zero-order valence-corrected chi connectivity index (χ0v) is 10.0. The van der Waals surface area contributed by atoms with Crippen LogP contribution in [0.25, 0.3) is 0 Å². The molecule has 0 rings (SSSR count). The van der Waals surface area contributed by atoms with Crippen LogP contribution in [0.1, 0.15) is 46.0 Å². The number of carbonyl (C=O) groups excluding carboxylic acids is 1. The second-order valence-corrected chi connectivity index (χ2v) is 3.94. The van der Waals surface area contributed by atoms with Gasteiger partial charge in [0.1, 0.15) is 6.04 Å². The maximum atomic E-state index is 11.5. The summed E-state index contributed by atoms with van der Waals surface area (Å²) >= 11 is 0. The summed E-state index contributed by atoms with van der Waals surface area (Å²) in [5.41, 5.74) is 5.64. The lowest BCUT2D eigenvalue weighted by molar-refractivity contribution is -0.142. The second-order valence-electron chi connectivity index (χ2n) is 3.94. The third-order valence-corrected chi connectivity index (χ3v) is 2.40. The van der Waals surface area contributed by atoms with Crippen LogP contribution in [-0.2, 0) is 9.59 Å².